The summed E-state index contributed by atoms with van der Waals surface area (Å²) in [7, 11) is 1.71. The third kappa shape index (κ3) is 3.31. The molecule has 1 aromatic heterocycles. The number of carbonyl (C=O) groups is 1. The van der Waals surface area contributed by atoms with E-state index in [0.717, 1.165) is 4.90 Å². The third-order valence-corrected chi connectivity index (χ3v) is 4.44. The molecule has 2 aromatic rings. The summed E-state index contributed by atoms with van der Waals surface area (Å²) in [5.74, 6) is 0.355. The van der Waals surface area contributed by atoms with Crippen LogP contribution in [-0.2, 0) is 16.6 Å². The zero-order valence-corrected chi connectivity index (χ0v) is 13.3. The molecule has 0 unspecified atom stereocenters. The second kappa shape index (κ2) is 6.83. The van der Waals surface area contributed by atoms with Crippen molar-refractivity contribution in [2.45, 2.75) is 18.2 Å². The van der Waals surface area contributed by atoms with E-state index in [9.17, 15) is 10.1 Å². The zero-order chi connectivity index (χ0) is 15.4. The number of hydrogen-bond donors (Lipinski definition) is 0. The number of aryl methyl sites for hydroxylation is 1. The number of ether oxygens (including phenoxy) is 1. The molecular weight excluding hydrogens is 310 g/mol. The fourth-order valence-electron chi connectivity index (χ4n) is 1.95. The summed E-state index contributed by atoms with van der Waals surface area (Å²) in [5, 5.41) is 14.6. The molecule has 0 saturated carbocycles. The quantitative estimate of drug-likeness (QED) is 0.624. The molecule has 0 radical (unpaired) electrons. The van der Waals surface area contributed by atoms with E-state index in [1.54, 1.807) is 14.0 Å². The molecule has 1 heterocycles. The van der Waals surface area contributed by atoms with Crippen molar-refractivity contribution in [2.24, 2.45) is 7.05 Å². The Morgan fingerprint density at radius 3 is 3.00 bits per heavy atom. The van der Waals surface area contributed by atoms with Gasteiger partial charge in [0.05, 0.1) is 29.0 Å². The Kier molecular flexibility index (Phi) is 5.10. The molecule has 110 valence electrons. The number of rotatable bonds is 5. The Hall–Kier alpha value is -1.71. The van der Waals surface area contributed by atoms with E-state index in [0.29, 0.717) is 40.4 Å². The molecule has 21 heavy (non-hydrogen) atoms. The van der Waals surface area contributed by atoms with Crippen LogP contribution in [0.15, 0.2) is 17.0 Å². The summed E-state index contributed by atoms with van der Waals surface area (Å²) in [6.07, 6.45) is 0.324. The van der Waals surface area contributed by atoms with Crippen LogP contribution >= 0.6 is 23.4 Å². The molecule has 0 aliphatic rings. The van der Waals surface area contributed by atoms with E-state index in [1.807, 2.05) is 12.1 Å². The van der Waals surface area contributed by atoms with Crippen LogP contribution in [0.25, 0.3) is 10.9 Å². The molecule has 1 aromatic carbocycles. The first-order valence-corrected chi connectivity index (χ1v) is 7.78. The van der Waals surface area contributed by atoms with Crippen LogP contribution < -0.4 is 0 Å². The number of nitriles is 1. The first-order valence-electron chi connectivity index (χ1n) is 6.42. The van der Waals surface area contributed by atoms with Crippen molar-refractivity contribution < 1.29 is 9.53 Å². The average Bonchev–Trinajstić information content (AvgIpc) is 2.78. The van der Waals surface area contributed by atoms with Crippen molar-refractivity contribution in [2.75, 3.05) is 12.4 Å². The van der Waals surface area contributed by atoms with E-state index in [1.165, 1.54) is 16.4 Å². The molecule has 2 rings (SSSR count). The third-order valence-electron chi connectivity index (χ3n) is 2.88. The largest absolute Gasteiger partial charge is 0.466 e. The van der Waals surface area contributed by atoms with Gasteiger partial charge < -0.3 is 4.74 Å². The molecule has 0 bridgehead atoms. The molecule has 0 aliphatic carbocycles. The second-order valence-corrected chi connectivity index (χ2v) is 5.77. The van der Waals surface area contributed by atoms with Gasteiger partial charge in [-0.25, -0.2) is 0 Å². The average molecular weight is 324 g/mol. The summed E-state index contributed by atoms with van der Waals surface area (Å²) >= 11 is 7.84. The topological polar surface area (TPSA) is 67.9 Å². The van der Waals surface area contributed by atoms with Gasteiger partial charge in [-0.15, -0.1) is 11.8 Å². The van der Waals surface area contributed by atoms with E-state index < -0.39 is 0 Å². The summed E-state index contributed by atoms with van der Waals surface area (Å²) in [6, 6.07) is 5.79. The highest BCUT2D eigenvalue weighted by Crippen LogP contribution is 2.35. The van der Waals surface area contributed by atoms with Crippen LogP contribution in [0, 0.1) is 11.3 Å². The minimum Gasteiger partial charge on any atom is -0.466 e. The second-order valence-electron chi connectivity index (χ2n) is 4.26. The summed E-state index contributed by atoms with van der Waals surface area (Å²) < 4.78 is 6.40. The lowest BCUT2D eigenvalue weighted by Crippen LogP contribution is -2.04. The number of halogens is 1. The van der Waals surface area contributed by atoms with Crippen molar-refractivity contribution in [1.82, 2.24) is 9.78 Å². The summed E-state index contributed by atoms with van der Waals surface area (Å²) in [6.45, 7) is 2.17. The number of hydrogen-bond acceptors (Lipinski definition) is 5. The molecule has 0 spiro atoms. The van der Waals surface area contributed by atoms with Gasteiger partial charge in [0.2, 0.25) is 0 Å². The number of thioether (sulfide) groups is 1. The maximum absolute atomic E-state index is 11.3. The highest BCUT2D eigenvalue weighted by atomic mass is 35.5. The van der Waals surface area contributed by atoms with Crippen LogP contribution in [0.3, 0.4) is 0 Å². The van der Waals surface area contributed by atoms with Gasteiger partial charge in [-0.3, -0.25) is 9.48 Å². The van der Waals surface area contributed by atoms with Gasteiger partial charge in [0.25, 0.3) is 0 Å². The normalized spacial score (nSPS) is 10.6. The van der Waals surface area contributed by atoms with E-state index >= 15 is 0 Å². The summed E-state index contributed by atoms with van der Waals surface area (Å²) in [5.41, 5.74) is 1.12. The fourth-order valence-corrected chi connectivity index (χ4v) is 3.24. The minimum atomic E-state index is -0.221. The van der Waals surface area contributed by atoms with E-state index in [2.05, 4.69) is 11.2 Å². The molecule has 7 heteroatoms. The monoisotopic (exact) mass is 323 g/mol. The zero-order valence-electron chi connectivity index (χ0n) is 11.7. The lowest BCUT2D eigenvalue weighted by molar-refractivity contribution is -0.142. The van der Waals surface area contributed by atoms with E-state index in [4.69, 9.17) is 16.3 Å². The molecule has 0 saturated heterocycles. The lowest BCUT2D eigenvalue weighted by atomic mass is 10.2. The number of esters is 1. The maximum Gasteiger partial charge on any atom is 0.306 e. The van der Waals surface area contributed by atoms with Crippen LogP contribution in [0.2, 0.25) is 5.02 Å². The first-order chi connectivity index (χ1) is 10.1. The van der Waals surface area contributed by atoms with Gasteiger partial charge in [-0.2, -0.15) is 10.4 Å². The van der Waals surface area contributed by atoms with Crippen LogP contribution in [0.5, 0.6) is 0 Å². The van der Waals surface area contributed by atoms with Gasteiger partial charge in [-0.05, 0) is 19.1 Å². The SMILES string of the molecule is CCOC(=O)CCSc1ccc2nn(C)c(C#N)c2c1Cl. The highest BCUT2D eigenvalue weighted by molar-refractivity contribution is 7.99. The van der Waals surface area contributed by atoms with Crippen molar-refractivity contribution >= 4 is 40.2 Å². The molecule has 5 nitrogen and oxygen atoms in total. The van der Waals surface area contributed by atoms with E-state index in [-0.39, 0.29) is 5.97 Å². The van der Waals surface area contributed by atoms with Gasteiger partial charge in [0.1, 0.15) is 11.8 Å². The van der Waals surface area contributed by atoms with Crippen LogP contribution in [-0.4, -0.2) is 28.1 Å². The Labute approximate surface area is 131 Å². The predicted molar refractivity (Wildman–Crippen MR) is 82.4 cm³/mol. The van der Waals surface area contributed by atoms with Crippen LogP contribution in [0.4, 0.5) is 0 Å². The van der Waals surface area contributed by atoms with Gasteiger partial charge in [0.15, 0.2) is 0 Å². The number of nitrogens with zero attached hydrogens (tertiary/aromatic N) is 3. The molecule has 0 atom stereocenters. The molecule has 0 fully saturated rings. The molecule has 0 N–H and O–H groups in total. The molecular formula is C14H14ClN3O2S. The van der Waals surface area contributed by atoms with Crippen molar-refractivity contribution in [3.8, 4) is 6.07 Å². The standard InChI is InChI=1S/C14H14ClN3O2S/c1-3-20-12(19)6-7-21-11-5-4-9-13(14(11)15)10(8-16)18(2)17-9/h4-5H,3,6-7H2,1-2H3. The Bertz CT molecular complexity index is 721. The molecule has 0 amide bonds. The number of benzene rings is 1. The summed E-state index contributed by atoms with van der Waals surface area (Å²) in [4.78, 5) is 12.1. The number of fused-ring (bicyclic) bond motifs is 1. The Balaban J connectivity index is 2.20. The van der Waals surface area contributed by atoms with Crippen molar-refractivity contribution in [3.05, 3.63) is 22.8 Å². The van der Waals surface area contributed by atoms with Crippen molar-refractivity contribution in [3.63, 3.8) is 0 Å². The highest BCUT2D eigenvalue weighted by Gasteiger charge is 2.15. The number of carbonyl (C=O) groups excluding carboxylic acids is 1. The fraction of sp³-hybridized carbons (Fsp3) is 0.357. The maximum atomic E-state index is 11.3. The minimum absolute atomic E-state index is 0.221. The molecule has 0 aliphatic heterocycles. The van der Waals surface area contributed by atoms with Gasteiger partial charge >= 0.3 is 5.97 Å². The van der Waals surface area contributed by atoms with Crippen molar-refractivity contribution in [1.29, 1.82) is 5.26 Å². The predicted octanol–water partition coefficient (Wildman–Crippen LogP) is 3.14. The van der Waals surface area contributed by atoms with Gasteiger partial charge in [-0.1, -0.05) is 11.6 Å². The Morgan fingerprint density at radius 1 is 1.57 bits per heavy atom. The smallest absolute Gasteiger partial charge is 0.306 e. The Morgan fingerprint density at radius 2 is 2.33 bits per heavy atom. The first kappa shape index (κ1) is 15.7. The van der Waals surface area contributed by atoms with Crippen LogP contribution in [0.1, 0.15) is 19.0 Å². The number of aromatic nitrogens is 2. The lowest BCUT2D eigenvalue weighted by Gasteiger charge is -2.05. The van der Waals surface area contributed by atoms with Gasteiger partial charge in [0, 0.05) is 17.7 Å².